The molecule has 0 fully saturated rings. The molecule has 0 aliphatic heterocycles. The summed E-state index contributed by atoms with van der Waals surface area (Å²) < 4.78 is 10.9. The Balaban J connectivity index is 0. The predicted molar refractivity (Wildman–Crippen MR) is 358 cm³/mol. The van der Waals surface area contributed by atoms with Gasteiger partial charge in [-0.15, -0.1) is 0 Å². The van der Waals surface area contributed by atoms with Crippen LogP contribution in [0.5, 0.6) is 0 Å². The second-order valence-corrected chi connectivity index (χ2v) is 25.5. The van der Waals surface area contributed by atoms with Crippen LogP contribution in [0.3, 0.4) is 0 Å². The molecule has 0 amide bonds. The van der Waals surface area contributed by atoms with Crippen molar-refractivity contribution in [2.24, 2.45) is 0 Å². The third kappa shape index (κ3) is 78.7. The van der Waals surface area contributed by atoms with Gasteiger partial charge in [-0.1, -0.05) is 399 Å². The largest absolute Gasteiger partial charge is 0.466 e. The van der Waals surface area contributed by atoms with Gasteiger partial charge in [-0.25, -0.2) is 0 Å². The summed E-state index contributed by atoms with van der Waals surface area (Å²) in [6.07, 6.45) is 93.1. The minimum absolute atomic E-state index is 0.0238. The Bertz CT molecular complexity index is 1130. The van der Waals surface area contributed by atoms with Crippen LogP contribution in [0, 0.1) is 0 Å². The van der Waals surface area contributed by atoms with Crippen molar-refractivity contribution in [3.05, 3.63) is 12.2 Å². The van der Waals surface area contributed by atoms with Gasteiger partial charge in [0.15, 0.2) is 0 Å². The highest BCUT2D eigenvalue weighted by molar-refractivity contribution is 5.69. The predicted octanol–water partition coefficient (Wildman–Crippen LogP) is 27.4. The Morgan fingerprint density at radius 3 is 0.537 bits per heavy atom. The van der Waals surface area contributed by atoms with E-state index in [4.69, 9.17) is 9.47 Å². The molecule has 80 heavy (non-hydrogen) atoms. The molecule has 0 aliphatic rings. The zero-order chi connectivity index (χ0) is 58.1. The highest BCUT2D eigenvalue weighted by Gasteiger charge is 2.05. The topological polar surface area (TPSA) is 52.6 Å². The molecule has 0 aromatic carbocycles. The lowest BCUT2D eigenvalue weighted by Gasteiger charge is -2.06. The molecular weight excluding hydrogens is 977 g/mol. The first-order valence-corrected chi connectivity index (χ1v) is 37.6. The summed E-state index contributed by atoms with van der Waals surface area (Å²) in [5.41, 5.74) is 0. The number of unbranched alkanes of at least 4 members (excludes halogenated alkanes) is 59. The van der Waals surface area contributed by atoms with E-state index >= 15 is 0 Å². The molecule has 0 unspecified atom stereocenters. The van der Waals surface area contributed by atoms with Crippen molar-refractivity contribution >= 4 is 11.9 Å². The molecule has 0 aliphatic carbocycles. The number of allylic oxidation sites excluding steroid dienone is 2. The van der Waals surface area contributed by atoms with E-state index in [1.54, 1.807) is 0 Å². The lowest BCUT2D eigenvalue weighted by molar-refractivity contribution is -0.144. The third-order valence-electron chi connectivity index (χ3n) is 17.1. The number of rotatable bonds is 69. The molecule has 478 valence electrons. The Morgan fingerprint density at radius 2 is 0.350 bits per heavy atom. The number of hydrogen-bond acceptors (Lipinski definition) is 4. The summed E-state index contributed by atoms with van der Waals surface area (Å²) in [5.74, 6) is 0.0531. The van der Waals surface area contributed by atoms with Crippen molar-refractivity contribution in [3.8, 4) is 0 Å². The average molecular weight is 1130 g/mol. The van der Waals surface area contributed by atoms with Crippen molar-refractivity contribution in [1.29, 1.82) is 0 Å². The third-order valence-corrected chi connectivity index (χ3v) is 17.1. The molecule has 0 aromatic heterocycles. The minimum Gasteiger partial charge on any atom is -0.466 e. The minimum atomic E-state index is 0.0238. The maximum Gasteiger partial charge on any atom is 0.305 e. The SMILES string of the molecule is CCCCCCCC/C=C\CCCCCCCCCCCC(=O)OCCCCCCCCCCCCCCCC.CCCCCCCCCCCCCCCCCCCCCC(=O)OCCCCCCCCCCCCCCCC. The summed E-state index contributed by atoms with van der Waals surface area (Å²) in [4.78, 5) is 23.9. The fourth-order valence-electron chi connectivity index (χ4n) is 11.5. The van der Waals surface area contributed by atoms with Crippen LogP contribution in [-0.2, 0) is 19.1 Å². The maximum absolute atomic E-state index is 11.9. The Kier molecular flexibility index (Phi) is 78.4. The molecule has 0 spiro atoms. The molecule has 0 saturated heterocycles. The Hall–Kier alpha value is -1.32. The van der Waals surface area contributed by atoms with Gasteiger partial charge < -0.3 is 9.47 Å². The summed E-state index contributed by atoms with van der Waals surface area (Å²) in [5, 5.41) is 0. The van der Waals surface area contributed by atoms with E-state index < -0.39 is 0 Å². The van der Waals surface area contributed by atoms with E-state index in [0.29, 0.717) is 26.1 Å². The van der Waals surface area contributed by atoms with Gasteiger partial charge in [-0.05, 0) is 51.4 Å². The summed E-state index contributed by atoms with van der Waals surface area (Å²) in [6, 6.07) is 0. The fourth-order valence-corrected chi connectivity index (χ4v) is 11.5. The van der Waals surface area contributed by atoms with Gasteiger partial charge in [0, 0.05) is 12.8 Å². The molecule has 0 bridgehead atoms. The van der Waals surface area contributed by atoms with Crippen LogP contribution in [0.25, 0.3) is 0 Å². The van der Waals surface area contributed by atoms with Crippen molar-refractivity contribution in [1.82, 2.24) is 0 Å². The second kappa shape index (κ2) is 77.7. The van der Waals surface area contributed by atoms with Gasteiger partial charge >= 0.3 is 11.9 Å². The number of carbonyl (C=O) groups is 2. The van der Waals surface area contributed by atoms with E-state index in [1.165, 1.54) is 385 Å². The van der Waals surface area contributed by atoms with Crippen LogP contribution in [-0.4, -0.2) is 25.2 Å². The summed E-state index contributed by atoms with van der Waals surface area (Å²) in [7, 11) is 0. The highest BCUT2D eigenvalue weighted by atomic mass is 16.5. The van der Waals surface area contributed by atoms with E-state index in [2.05, 4.69) is 39.8 Å². The molecule has 0 rings (SSSR count). The van der Waals surface area contributed by atoms with Gasteiger partial charge in [0.2, 0.25) is 0 Å². The molecule has 4 nitrogen and oxygen atoms in total. The second-order valence-electron chi connectivity index (χ2n) is 25.5. The molecule has 0 aromatic rings. The van der Waals surface area contributed by atoms with Crippen LogP contribution in [0.15, 0.2) is 12.2 Å². The number of ether oxygens (including phenoxy) is 2. The van der Waals surface area contributed by atoms with Crippen molar-refractivity contribution < 1.29 is 19.1 Å². The van der Waals surface area contributed by atoms with Crippen LogP contribution >= 0.6 is 0 Å². The molecule has 0 N–H and O–H groups in total. The van der Waals surface area contributed by atoms with Crippen LogP contribution in [0.4, 0.5) is 0 Å². The summed E-state index contributed by atoms with van der Waals surface area (Å²) in [6.45, 7) is 10.4. The molecule has 0 saturated carbocycles. The monoisotopic (exact) mass is 1130 g/mol. The highest BCUT2D eigenvalue weighted by Crippen LogP contribution is 2.19. The number of esters is 2. The van der Waals surface area contributed by atoms with E-state index in [9.17, 15) is 9.59 Å². The van der Waals surface area contributed by atoms with E-state index in [1.807, 2.05) is 0 Å². The first kappa shape index (κ1) is 80.7. The molecule has 0 atom stereocenters. The van der Waals surface area contributed by atoms with Crippen LogP contribution < -0.4 is 0 Å². The lowest BCUT2D eigenvalue weighted by Crippen LogP contribution is -2.05. The van der Waals surface area contributed by atoms with Crippen molar-refractivity contribution in [2.75, 3.05) is 13.2 Å². The molecule has 0 heterocycles. The van der Waals surface area contributed by atoms with Gasteiger partial charge in [0.1, 0.15) is 0 Å². The van der Waals surface area contributed by atoms with Crippen LogP contribution in [0.2, 0.25) is 0 Å². The number of hydrogen-bond donors (Lipinski definition) is 0. The van der Waals surface area contributed by atoms with E-state index in [0.717, 1.165) is 25.7 Å². The maximum atomic E-state index is 11.9. The zero-order valence-corrected chi connectivity index (χ0v) is 55.9. The first-order valence-electron chi connectivity index (χ1n) is 37.6. The van der Waals surface area contributed by atoms with Crippen molar-refractivity contribution in [2.45, 2.75) is 451 Å². The van der Waals surface area contributed by atoms with Gasteiger partial charge in [0.25, 0.3) is 0 Å². The molecule has 4 heteroatoms. The average Bonchev–Trinajstić information content (AvgIpc) is 3.46. The smallest absolute Gasteiger partial charge is 0.305 e. The molecule has 0 radical (unpaired) electrons. The van der Waals surface area contributed by atoms with Gasteiger partial charge in [0.05, 0.1) is 13.2 Å². The quantitative estimate of drug-likeness (QED) is 0.0346. The van der Waals surface area contributed by atoms with Crippen molar-refractivity contribution in [3.63, 3.8) is 0 Å². The van der Waals surface area contributed by atoms with Gasteiger partial charge in [-0.3, -0.25) is 9.59 Å². The Morgan fingerprint density at radius 1 is 0.200 bits per heavy atom. The molecular formula is C76H150O4. The Labute approximate surface area is 505 Å². The van der Waals surface area contributed by atoms with E-state index in [-0.39, 0.29) is 11.9 Å². The zero-order valence-electron chi connectivity index (χ0n) is 55.9. The number of carbonyl (C=O) groups excluding carboxylic acids is 2. The standard InChI is InChI=1S/C38H76O2.C38H74O2/c2*1-3-5-7-9-11-13-15-17-19-20-21-22-23-24-26-28-30-32-34-36-38(39)40-37-35-33-31-29-27-25-18-16-14-12-10-8-6-4-2/h3-37H2,1-2H3;17,19H,3-16,18,20-37H2,1-2H3/b;19-17-. The fraction of sp³-hybridized carbons (Fsp3) is 0.947. The first-order chi connectivity index (χ1) is 39.6. The van der Waals surface area contributed by atoms with Crippen LogP contribution in [0.1, 0.15) is 451 Å². The normalized spacial score (nSPS) is 11.4. The lowest BCUT2D eigenvalue weighted by atomic mass is 10.0. The van der Waals surface area contributed by atoms with Gasteiger partial charge in [-0.2, -0.15) is 0 Å². The summed E-state index contributed by atoms with van der Waals surface area (Å²) >= 11 is 0.